The molecule has 0 atom stereocenters. The van der Waals surface area contributed by atoms with Gasteiger partial charge in [0.05, 0.1) is 0 Å². The molecule has 0 saturated heterocycles. The number of ether oxygens (including phenoxy) is 1. The van der Waals surface area contributed by atoms with Crippen LogP contribution in [0.2, 0.25) is 5.02 Å². The van der Waals surface area contributed by atoms with Gasteiger partial charge in [0.2, 0.25) is 0 Å². The second-order valence-corrected chi connectivity index (χ2v) is 4.62. The third-order valence-corrected chi connectivity index (χ3v) is 2.69. The summed E-state index contributed by atoms with van der Waals surface area (Å²) in [5, 5.41) is 4.20. The molecule has 0 amide bonds. The molecule has 2 rings (SSSR count). The smallest absolute Gasteiger partial charge is 0.406 e. The maximum absolute atomic E-state index is 12.0. The molecule has 0 spiro atoms. The lowest BCUT2D eigenvalue weighted by Gasteiger charge is -2.08. The van der Waals surface area contributed by atoms with Crippen LogP contribution in [-0.2, 0) is 11.4 Å². The minimum atomic E-state index is -4.70. The first-order valence-corrected chi connectivity index (χ1v) is 6.48. The maximum atomic E-state index is 12.0. The van der Waals surface area contributed by atoms with Crippen molar-refractivity contribution in [3.05, 3.63) is 64.7 Å². The monoisotopic (exact) mass is 328 g/mol. The molecule has 1 radical (unpaired) electrons. The van der Waals surface area contributed by atoms with E-state index in [4.69, 9.17) is 16.4 Å². The van der Waals surface area contributed by atoms with Crippen LogP contribution in [0.1, 0.15) is 11.1 Å². The average Bonchev–Trinajstić information content (AvgIpc) is 2.44. The molecule has 0 saturated carbocycles. The lowest BCUT2D eigenvalue weighted by Crippen LogP contribution is -2.17. The Morgan fingerprint density at radius 2 is 1.82 bits per heavy atom. The third kappa shape index (κ3) is 5.65. The van der Waals surface area contributed by atoms with Crippen molar-refractivity contribution < 1.29 is 22.7 Å². The number of nitrogens with zero attached hydrogens (tertiary/aromatic N) is 1. The largest absolute Gasteiger partial charge is 0.573 e. The van der Waals surface area contributed by atoms with E-state index >= 15 is 0 Å². The van der Waals surface area contributed by atoms with Crippen molar-refractivity contribution in [1.82, 2.24) is 0 Å². The lowest BCUT2D eigenvalue weighted by atomic mass is 10.2. The summed E-state index contributed by atoms with van der Waals surface area (Å²) in [6, 6.07) is 12.2. The highest BCUT2D eigenvalue weighted by atomic mass is 35.5. The predicted octanol–water partition coefficient (Wildman–Crippen LogP) is 4.67. The Morgan fingerprint density at radius 3 is 2.45 bits per heavy atom. The third-order valence-electron chi connectivity index (χ3n) is 2.45. The summed E-state index contributed by atoms with van der Waals surface area (Å²) in [7, 11) is 0. The zero-order valence-corrected chi connectivity index (χ0v) is 11.9. The molecule has 7 heteroatoms. The van der Waals surface area contributed by atoms with Crippen LogP contribution in [0.3, 0.4) is 0 Å². The van der Waals surface area contributed by atoms with Crippen molar-refractivity contribution in [2.24, 2.45) is 5.16 Å². The van der Waals surface area contributed by atoms with Crippen molar-refractivity contribution in [2.45, 2.75) is 13.0 Å². The first-order chi connectivity index (χ1) is 10.4. The van der Waals surface area contributed by atoms with Gasteiger partial charge in [0.1, 0.15) is 18.6 Å². The number of rotatable bonds is 5. The summed E-state index contributed by atoms with van der Waals surface area (Å²) >= 11 is 5.80. The van der Waals surface area contributed by atoms with Crippen molar-refractivity contribution >= 4 is 17.8 Å². The van der Waals surface area contributed by atoms with Gasteiger partial charge in [-0.2, -0.15) is 0 Å². The van der Waals surface area contributed by atoms with Gasteiger partial charge in [0.25, 0.3) is 0 Å². The molecular formula is C15H10ClF3NO2. The van der Waals surface area contributed by atoms with E-state index in [9.17, 15) is 13.2 Å². The van der Waals surface area contributed by atoms with Gasteiger partial charge in [-0.1, -0.05) is 41.0 Å². The minimum Gasteiger partial charge on any atom is -0.406 e. The summed E-state index contributed by atoms with van der Waals surface area (Å²) < 4.78 is 39.8. The fourth-order valence-corrected chi connectivity index (χ4v) is 1.73. The van der Waals surface area contributed by atoms with Gasteiger partial charge in [-0.05, 0) is 29.8 Å². The van der Waals surface area contributed by atoms with E-state index in [1.165, 1.54) is 24.3 Å². The van der Waals surface area contributed by atoms with Crippen LogP contribution in [-0.4, -0.2) is 12.6 Å². The van der Waals surface area contributed by atoms with E-state index in [0.717, 1.165) is 0 Å². The number of halogens is 4. The van der Waals surface area contributed by atoms with Crippen molar-refractivity contribution in [2.75, 3.05) is 0 Å². The number of benzene rings is 2. The summed E-state index contributed by atoms with van der Waals surface area (Å²) in [5.74, 6) is -0.287. The Hall–Kier alpha value is -2.21. The SMILES string of the molecule is FC(F)(F)Oc1ccc(CO/N=[C]\c2cccc(Cl)c2)cc1. The molecule has 0 bridgehead atoms. The van der Waals surface area contributed by atoms with Crippen LogP contribution < -0.4 is 4.74 Å². The zero-order valence-electron chi connectivity index (χ0n) is 11.1. The molecule has 2 aromatic rings. The highest BCUT2D eigenvalue weighted by molar-refractivity contribution is 6.30. The van der Waals surface area contributed by atoms with Crippen LogP contribution in [0, 0.1) is 0 Å². The van der Waals surface area contributed by atoms with Gasteiger partial charge in [0.15, 0.2) is 0 Å². The number of alkyl halides is 3. The van der Waals surface area contributed by atoms with Crippen LogP contribution in [0.5, 0.6) is 5.75 Å². The van der Waals surface area contributed by atoms with E-state index in [1.54, 1.807) is 24.3 Å². The van der Waals surface area contributed by atoms with Crippen LogP contribution in [0.4, 0.5) is 13.2 Å². The molecule has 2 aromatic carbocycles. The first-order valence-electron chi connectivity index (χ1n) is 6.11. The molecule has 0 unspecified atom stereocenters. The Kier molecular flexibility index (Phi) is 5.27. The van der Waals surface area contributed by atoms with Crippen molar-refractivity contribution in [3.63, 3.8) is 0 Å². The summed E-state index contributed by atoms with van der Waals surface area (Å²) in [6.07, 6.45) is -2.06. The fraction of sp³-hybridized carbons (Fsp3) is 0.133. The molecule has 0 aliphatic rings. The van der Waals surface area contributed by atoms with Crippen LogP contribution >= 0.6 is 11.6 Å². The molecule has 0 N–H and O–H groups in total. The van der Waals surface area contributed by atoms with E-state index < -0.39 is 6.36 Å². The Bertz CT molecular complexity index is 642. The number of hydrogen-bond donors (Lipinski definition) is 0. The predicted molar refractivity (Wildman–Crippen MR) is 75.9 cm³/mol. The molecule has 0 aliphatic carbocycles. The Balaban J connectivity index is 1.84. The van der Waals surface area contributed by atoms with Crippen molar-refractivity contribution in [3.8, 4) is 5.75 Å². The first kappa shape index (κ1) is 16.2. The standard InChI is InChI=1S/C15H10ClF3NO2/c16-13-3-1-2-12(8-13)9-20-21-10-11-4-6-14(7-5-11)22-15(17,18)19/h1-8H,10H2. The van der Waals surface area contributed by atoms with E-state index in [1.807, 2.05) is 0 Å². The van der Waals surface area contributed by atoms with Gasteiger partial charge >= 0.3 is 6.36 Å². The maximum Gasteiger partial charge on any atom is 0.573 e. The molecular weight excluding hydrogens is 319 g/mol. The van der Waals surface area contributed by atoms with Gasteiger partial charge in [0, 0.05) is 10.6 Å². The fourth-order valence-electron chi connectivity index (χ4n) is 1.54. The quantitative estimate of drug-likeness (QED) is 0.590. The van der Waals surface area contributed by atoms with E-state index in [-0.39, 0.29) is 12.4 Å². The van der Waals surface area contributed by atoms with Crippen LogP contribution in [0.25, 0.3) is 0 Å². The summed E-state index contributed by atoms with van der Waals surface area (Å²) in [5.41, 5.74) is 1.30. The zero-order chi connectivity index (χ0) is 16.0. The molecule has 22 heavy (non-hydrogen) atoms. The van der Waals surface area contributed by atoms with Gasteiger partial charge in [-0.25, -0.2) is 0 Å². The second-order valence-electron chi connectivity index (χ2n) is 4.18. The molecule has 0 aliphatic heterocycles. The molecule has 0 aromatic heterocycles. The molecule has 0 heterocycles. The van der Waals surface area contributed by atoms with Crippen LogP contribution in [0.15, 0.2) is 53.7 Å². The number of hydrogen-bond acceptors (Lipinski definition) is 3. The topological polar surface area (TPSA) is 30.8 Å². The molecule has 115 valence electrons. The lowest BCUT2D eigenvalue weighted by molar-refractivity contribution is -0.274. The highest BCUT2D eigenvalue weighted by Gasteiger charge is 2.30. The molecule has 3 nitrogen and oxygen atoms in total. The average molecular weight is 329 g/mol. The Labute approximate surface area is 129 Å². The summed E-state index contributed by atoms with van der Waals surface area (Å²) in [6.45, 7) is 0.0971. The normalized spacial score (nSPS) is 11.6. The minimum absolute atomic E-state index is 0.0971. The van der Waals surface area contributed by atoms with Gasteiger partial charge < -0.3 is 9.57 Å². The highest BCUT2D eigenvalue weighted by Crippen LogP contribution is 2.22. The van der Waals surface area contributed by atoms with Crippen molar-refractivity contribution in [1.29, 1.82) is 0 Å². The second kappa shape index (κ2) is 7.17. The summed E-state index contributed by atoms with van der Waals surface area (Å²) in [4.78, 5) is 5.01. The van der Waals surface area contributed by atoms with Gasteiger partial charge in [-0.3, -0.25) is 0 Å². The molecule has 0 fully saturated rings. The van der Waals surface area contributed by atoms with E-state index in [0.29, 0.717) is 16.1 Å². The van der Waals surface area contributed by atoms with Gasteiger partial charge in [-0.15, -0.1) is 13.2 Å². The Morgan fingerprint density at radius 1 is 1.09 bits per heavy atom. The van der Waals surface area contributed by atoms with E-state index in [2.05, 4.69) is 16.1 Å².